The van der Waals surface area contributed by atoms with E-state index in [4.69, 9.17) is 4.74 Å². The fraction of sp³-hybridized carbons (Fsp3) is 0.391. The number of aryl methyl sites for hydroxylation is 2. The maximum atomic E-state index is 13.2. The van der Waals surface area contributed by atoms with E-state index in [9.17, 15) is 18.0 Å². The normalized spacial score (nSPS) is 15.2. The molecule has 0 aliphatic carbocycles. The van der Waals surface area contributed by atoms with Gasteiger partial charge in [0.15, 0.2) is 0 Å². The van der Waals surface area contributed by atoms with Crippen molar-refractivity contribution in [1.82, 2.24) is 13.8 Å². The van der Waals surface area contributed by atoms with Crippen molar-refractivity contribution in [2.75, 3.05) is 33.3 Å². The molecule has 2 aromatic carbocycles. The quantitative estimate of drug-likeness (QED) is 0.531. The van der Waals surface area contributed by atoms with Crippen molar-refractivity contribution >= 4 is 37.5 Å². The van der Waals surface area contributed by atoms with Crippen LogP contribution >= 0.6 is 11.3 Å². The average Bonchev–Trinajstić information content (AvgIpc) is 3.13. The van der Waals surface area contributed by atoms with Crippen molar-refractivity contribution in [2.24, 2.45) is 0 Å². The summed E-state index contributed by atoms with van der Waals surface area (Å²) in [5, 5.41) is 0. The number of fused-ring (bicyclic) bond motifs is 1. The van der Waals surface area contributed by atoms with Gasteiger partial charge in [0.05, 0.1) is 22.2 Å². The van der Waals surface area contributed by atoms with Gasteiger partial charge in [-0.2, -0.15) is 4.31 Å². The van der Waals surface area contributed by atoms with Crippen molar-refractivity contribution in [3.63, 3.8) is 0 Å². The second-order valence-corrected chi connectivity index (χ2v) is 11.0. The molecule has 0 spiro atoms. The summed E-state index contributed by atoms with van der Waals surface area (Å²) in [4.78, 5) is 27.0. The molecule has 0 radical (unpaired) electrons. The highest BCUT2D eigenvalue weighted by atomic mass is 32.2. The predicted octanol–water partition coefficient (Wildman–Crippen LogP) is 2.94. The first-order valence-electron chi connectivity index (χ1n) is 10.8. The predicted molar refractivity (Wildman–Crippen MR) is 129 cm³/mol. The Morgan fingerprint density at radius 2 is 1.82 bits per heavy atom. The number of piperazine rings is 1. The molecule has 0 unspecified atom stereocenters. The Labute approximate surface area is 197 Å². The van der Waals surface area contributed by atoms with E-state index in [0.717, 1.165) is 28.8 Å². The molecular formula is C23H27N3O5S2. The van der Waals surface area contributed by atoms with E-state index in [-0.39, 0.29) is 28.8 Å². The van der Waals surface area contributed by atoms with E-state index in [2.05, 4.69) is 0 Å². The Balaban J connectivity index is 1.50. The molecule has 1 amide bonds. The standard InChI is InChI=1S/C23H27N3O5S2/c1-4-9-26-20-8-6-18(15-21(20)32-23(26)28)33(29,30)25-12-10-24(11-13-25)22(27)19-7-5-17(31-3)14-16(19)2/h5-8,14-15H,4,9-13H2,1-3H3. The van der Waals surface area contributed by atoms with Crippen LogP contribution in [0.3, 0.4) is 0 Å². The summed E-state index contributed by atoms with van der Waals surface area (Å²) in [5.41, 5.74) is 2.16. The number of carbonyl (C=O) groups is 1. The maximum Gasteiger partial charge on any atom is 0.308 e. The summed E-state index contributed by atoms with van der Waals surface area (Å²) in [6, 6.07) is 10.2. The molecule has 10 heteroatoms. The number of nitrogens with zero attached hydrogens (tertiary/aromatic N) is 3. The monoisotopic (exact) mass is 489 g/mol. The van der Waals surface area contributed by atoms with Crippen molar-refractivity contribution in [3.05, 3.63) is 57.2 Å². The highest BCUT2D eigenvalue weighted by molar-refractivity contribution is 7.89. The van der Waals surface area contributed by atoms with Crippen LogP contribution in [0, 0.1) is 6.92 Å². The van der Waals surface area contributed by atoms with Gasteiger partial charge in [0.25, 0.3) is 5.91 Å². The average molecular weight is 490 g/mol. The highest BCUT2D eigenvalue weighted by Crippen LogP contribution is 2.25. The molecule has 0 N–H and O–H groups in total. The minimum absolute atomic E-state index is 0.0812. The van der Waals surface area contributed by atoms with Gasteiger partial charge in [0, 0.05) is 38.3 Å². The number of aromatic nitrogens is 1. The van der Waals surface area contributed by atoms with Gasteiger partial charge in [-0.25, -0.2) is 8.42 Å². The molecule has 0 saturated carbocycles. The Bertz CT molecular complexity index is 1350. The second-order valence-electron chi connectivity index (χ2n) is 8.03. The van der Waals surface area contributed by atoms with Crippen LogP contribution in [0.25, 0.3) is 10.2 Å². The van der Waals surface area contributed by atoms with Crippen LogP contribution < -0.4 is 9.61 Å². The van der Waals surface area contributed by atoms with Crippen molar-refractivity contribution < 1.29 is 17.9 Å². The number of hydrogen-bond acceptors (Lipinski definition) is 6. The lowest BCUT2D eigenvalue weighted by Crippen LogP contribution is -2.50. The lowest BCUT2D eigenvalue weighted by Gasteiger charge is -2.34. The lowest BCUT2D eigenvalue weighted by atomic mass is 10.1. The molecule has 1 aliphatic heterocycles. The molecule has 1 aromatic heterocycles. The molecule has 0 bridgehead atoms. The van der Waals surface area contributed by atoms with E-state index in [1.807, 2.05) is 19.9 Å². The van der Waals surface area contributed by atoms with Gasteiger partial charge in [-0.15, -0.1) is 0 Å². The summed E-state index contributed by atoms with van der Waals surface area (Å²) in [6.45, 7) is 5.51. The molecule has 8 nitrogen and oxygen atoms in total. The second kappa shape index (κ2) is 9.28. The van der Waals surface area contributed by atoms with Gasteiger partial charge < -0.3 is 9.64 Å². The number of ether oxygens (including phenoxy) is 1. The van der Waals surface area contributed by atoms with Gasteiger partial charge in [-0.1, -0.05) is 18.3 Å². The van der Waals surface area contributed by atoms with E-state index in [0.29, 0.717) is 35.6 Å². The molecule has 176 valence electrons. The summed E-state index contributed by atoms with van der Waals surface area (Å²) in [5.74, 6) is 0.572. The van der Waals surface area contributed by atoms with Crippen LogP contribution in [-0.2, 0) is 16.6 Å². The fourth-order valence-electron chi connectivity index (χ4n) is 4.10. The van der Waals surface area contributed by atoms with E-state index >= 15 is 0 Å². The molecule has 2 heterocycles. The zero-order valence-electron chi connectivity index (χ0n) is 18.9. The number of hydrogen-bond donors (Lipinski definition) is 0. The van der Waals surface area contributed by atoms with Gasteiger partial charge in [0.2, 0.25) is 10.0 Å². The molecule has 1 saturated heterocycles. The Morgan fingerprint density at radius 1 is 1.09 bits per heavy atom. The largest absolute Gasteiger partial charge is 0.497 e. The number of carbonyl (C=O) groups excluding carboxylic acids is 1. The third-order valence-corrected chi connectivity index (χ3v) is 8.75. The first kappa shape index (κ1) is 23.5. The minimum Gasteiger partial charge on any atom is -0.497 e. The zero-order chi connectivity index (χ0) is 23.8. The Morgan fingerprint density at radius 3 is 2.45 bits per heavy atom. The van der Waals surface area contributed by atoms with Gasteiger partial charge in [-0.3, -0.25) is 14.2 Å². The number of sulfonamides is 1. The van der Waals surface area contributed by atoms with Crippen molar-refractivity contribution in [2.45, 2.75) is 31.7 Å². The third kappa shape index (κ3) is 4.42. The molecule has 4 rings (SSSR count). The summed E-state index contributed by atoms with van der Waals surface area (Å²) >= 11 is 1.06. The minimum atomic E-state index is -3.73. The van der Waals surface area contributed by atoms with Gasteiger partial charge >= 0.3 is 4.87 Å². The molecule has 0 atom stereocenters. The van der Waals surface area contributed by atoms with Crippen molar-refractivity contribution in [3.8, 4) is 5.75 Å². The number of benzene rings is 2. The summed E-state index contributed by atoms with van der Waals surface area (Å²) in [6.07, 6.45) is 0.824. The molecule has 33 heavy (non-hydrogen) atoms. The number of rotatable bonds is 6. The third-order valence-electron chi connectivity index (χ3n) is 5.91. The number of amides is 1. The molecule has 1 fully saturated rings. The highest BCUT2D eigenvalue weighted by Gasteiger charge is 2.31. The topological polar surface area (TPSA) is 88.9 Å². The summed E-state index contributed by atoms with van der Waals surface area (Å²) < 4.78 is 35.4. The molecular weight excluding hydrogens is 462 g/mol. The van der Waals surface area contributed by atoms with Crippen LogP contribution in [0.2, 0.25) is 0 Å². The smallest absolute Gasteiger partial charge is 0.308 e. The first-order chi connectivity index (χ1) is 15.8. The van der Waals surface area contributed by atoms with Gasteiger partial charge in [0.1, 0.15) is 5.75 Å². The lowest BCUT2D eigenvalue weighted by molar-refractivity contribution is 0.0697. The first-order valence-corrected chi connectivity index (χ1v) is 13.1. The van der Waals surface area contributed by atoms with E-state index in [1.165, 1.54) is 4.31 Å². The zero-order valence-corrected chi connectivity index (χ0v) is 20.5. The van der Waals surface area contributed by atoms with Crippen LogP contribution in [-0.4, -0.2) is 61.4 Å². The van der Waals surface area contributed by atoms with Crippen LogP contribution in [0.5, 0.6) is 5.75 Å². The molecule has 3 aromatic rings. The Kier molecular flexibility index (Phi) is 6.60. The van der Waals surface area contributed by atoms with Gasteiger partial charge in [-0.05, 0) is 55.3 Å². The van der Waals surface area contributed by atoms with Crippen molar-refractivity contribution in [1.29, 1.82) is 0 Å². The van der Waals surface area contributed by atoms with Crippen LogP contribution in [0.15, 0.2) is 46.1 Å². The van der Waals surface area contributed by atoms with E-state index < -0.39 is 10.0 Å². The fourth-order valence-corrected chi connectivity index (χ4v) is 6.58. The number of thiazole rings is 1. The van der Waals surface area contributed by atoms with E-state index in [1.54, 1.807) is 46.9 Å². The number of methoxy groups -OCH3 is 1. The molecule has 1 aliphatic rings. The van der Waals surface area contributed by atoms with Crippen LogP contribution in [0.4, 0.5) is 0 Å². The summed E-state index contributed by atoms with van der Waals surface area (Å²) in [7, 11) is -2.15. The maximum absolute atomic E-state index is 13.2. The van der Waals surface area contributed by atoms with Crippen LogP contribution in [0.1, 0.15) is 29.3 Å². The SMILES string of the molecule is CCCn1c(=O)sc2cc(S(=O)(=O)N3CCN(C(=O)c4ccc(OC)cc4C)CC3)ccc21. The Hall–Kier alpha value is -2.69.